The standard InChI is InChI=1S/C6H13NO/c1-3-5-7-6(8)4-2/h3,6-8H,1,4-5H2,2H3/t6-/m0/s1. The first-order valence-electron chi connectivity index (χ1n) is 2.83. The molecule has 0 saturated heterocycles. The molecular weight excluding hydrogens is 102 g/mol. The van der Waals surface area contributed by atoms with E-state index in [0.717, 1.165) is 6.42 Å². The average Bonchev–Trinajstić information content (AvgIpc) is 1.83. The fourth-order valence-electron chi connectivity index (χ4n) is 0.364. The van der Waals surface area contributed by atoms with E-state index in [1.807, 2.05) is 6.92 Å². The van der Waals surface area contributed by atoms with Crippen LogP contribution in [-0.2, 0) is 0 Å². The highest BCUT2D eigenvalue weighted by atomic mass is 16.3. The zero-order valence-corrected chi connectivity index (χ0v) is 5.22. The minimum atomic E-state index is -0.368. The van der Waals surface area contributed by atoms with Crippen LogP contribution in [0.1, 0.15) is 13.3 Å². The molecule has 0 aliphatic carbocycles. The van der Waals surface area contributed by atoms with Crippen LogP contribution in [0.5, 0.6) is 0 Å². The molecule has 0 fully saturated rings. The summed E-state index contributed by atoms with van der Waals surface area (Å²) in [5.41, 5.74) is 0. The first kappa shape index (κ1) is 7.66. The number of nitrogens with one attached hydrogen (secondary N) is 1. The first-order valence-corrected chi connectivity index (χ1v) is 2.83. The molecule has 0 unspecified atom stereocenters. The largest absolute Gasteiger partial charge is 0.379 e. The van der Waals surface area contributed by atoms with Crippen molar-refractivity contribution in [1.29, 1.82) is 0 Å². The third-order valence-corrected chi connectivity index (χ3v) is 0.885. The van der Waals surface area contributed by atoms with Gasteiger partial charge < -0.3 is 5.11 Å². The summed E-state index contributed by atoms with van der Waals surface area (Å²) < 4.78 is 0. The molecular formula is C6H13NO. The normalized spacial score (nSPS) is 13.2. The highest BCUT2D eigenvalue weighted by Crippen LogP contribution is 1.81. The van der Waals surface area contributed by atoms with Crippen molar-refractivity contribution < 1.29 is 5.11 Å². The van der Waals surface area contributed by atoms with Gasteiger partial charge in [-0.1, -0.05) is 13.0 Å². The van der Waals surface area contributed by atoms with Crippen molar-refractivity contribution in [3.8, 4) is 0 Å². The summed E-state index contributed by atoms with van der Waals surface area (Å²) in [5, 5.41) is 11.6. The monoisotopic (exact) mass is 115 g/mol. The molecule has 1 atom stereocenters. The van der Waals surface area contributed by atoms with Gasteiger partial charge in [-0.15, -0.1) is 6.58 Å². The van der Waals surface area contributed by atoms with Gasteiger partial charge in [-0.3, -0.25) is 5.32 Å². The van der Waals surface area contributed by atoms with E-state index in [4.69, 9.17) is 5.11 Å². The predicted molar refractivity (Wildman–Crippen MR) is 34.5 cm³/mol. The van der Waals surface area contributed by atoms with E-state index in [-0.39, 0.29) is 6.23 Å². The minimum absolute atomic E-state index is 0.368. The Labute approximate surface area is 50.2 Å². The Morgan fingerprint density at radius 3 is 2.88 bits per heavy atom. The lowest BCUT2D eigenvalue weighted by atomic mass is 10.4. The summed E-state index contributed by atoms with van der Waals surface area (Å²) >= 11 is 0. The summed E-state index contributed by atoms with van der Waals surface area (Å²) in [7, 11) is 0. The van der Waals surface area contributed by atoms with Crippen molar-refractivity contribution in [3.05, 3.63) is 12.7 Å². The maximum Gasteiger partial charge on any atom is 0.104 e. The average molecular weight is 115 g/mol. The van der Waals surface area contributed by atoms with Gasteiger partial charge in [-0.25, -0.2) is 0 Å². The van der Waals surface area contributed by atoms with Gasteiger partial charge in [0.1, 0.15) is 6.23 Å². The van der Waals surface area contributed by atoms with E-state index in [9.17, 15) is 0 Å². The zero-order chi connectivity index (χ0) is 6.41. The molecule has 0 aromatic heterocycles. The molecule has 0 aliphatic rings. The summed E-state index contributed by atoms with van der Waals surface area (Å²) in [4.78, 5) is 0. The molecule has 0 aromatic rings. The third kappa shape index (κ3) is 3.84. The number of aliphatic hydroxyl groups is 1. The Morgan fingerprint density at radius 1 is 1.88 bits per heavy atom. The summed E-state index contributed by atoms with van der Waals surface area (Å²) in [6.45, 7) is 6.09. The number of aliphatic hydroxyl groups excluding tert-OH is 1. The van der Waals surface area contributed by atoms with Crippen molar-refractivity contribution in [1.82, 2.24) is 5.32 Å². The molecule has 0 aliphatic heterocycles. The van der Waals surface area contributed by atoms with E-state index >= 15 is 0 Å². The van der Waals surface area contributed by atoms with Gasteiger partial charge in [-0.2, -0.15) is 0 Å². The Morgan fingerprint density at radius 2 is 2.50 bits per heavy atom. The molecule has 8 heavy (non-hydrogen) atoms. The molecule has 2 heteroatoms. The zero-order valence-electron chi connectivity index (χ0n) is 5.22. The molecule has 2 N–H and O–H groups in total. The highest BCUT2D eigenvalue weighted by molar-refractivity contribution is 4.69. The summed E-state index contributed by atoms with van der Waals surface area (Å²) in [5.74, 6) is 0. The fourth-order valence-corrected chi connectivity index (χ4v) is 0.364. The lowest BCUT2D eigenvalue weighted by Gasteiger charge is -2.05. The molecule has 0 amide bonds. The minimum Gasteiger partial charge on any atom is -0.379 e. The van der Waals surface area contributed by atoms with Crippen LogP contribution < -0.4 is 5.32 Å². The van der Waals surface area contributed by atoms with E-state index in [0.29, 0.717) is 6.54 Å². The SMILES string of the molecule is C=CCN[C@@H](O)CC. The van der Waals surface area contributed by atoms with Crippen molar-refractivity contribution in [2.24, 2.45) is 0 Å². The Bertz CT molecular complexity index is 63.5. The Hall–Kier alpha value is -0.340. The van der Waals surface area contributed by atoms with Crippen molar-refractivity contribution in [3.63, 3.8) is 0 Å². The van der Waals surface area contributed by atoms with Crippen LogP contribution in [0.2, 0.25) is 0 Å². The topological polar surface area (TPSA) is 32.3 Å². The number of hydrogen-bond acceptors (Lipinski definition) is 2. The lowest BCUT2D eigenvalue weighted by molar-refractivity contribution is 0.138. The second-order valence-electron chi connectivity index (χ2n) is 1.62. The van der Waals surface area contributed by atoms with Gasteiger partial charge >= 0.3 is 0 Å². The molecule has 0 bridgehead atoms. The molecule has 0 spiro atoms. The van der Waals surface area contributed by atoms with Crippen LogP contribution in [-0.4, -0.2) is 17.9 Å². The molecule has 0 heterocycles. The van der Waals surface area contributed by atoms with E-state index < -0.39 is 0 Å². The van der Waals surface area contributed by atoms with Gasteiger partial charge in [0.2, 0.25) is 0 Å². The van der Waals surface area contributed by atoms with Crippen LogP contribution in [0, 0.1) is 0 Å². The molecule has 0 rings (SSSR count). The Balaban J connectivity index is 2.97. The predicted octanol–water partition coefficient (Wildman–Crippen LogP) is 0.490. The summed E-state index contributed by atoms with van der Waals surface area (Å²) in [6.07, 6.45) is 2.10. The van der Waals surface area contributed by atoms with E-state index in [2.05, 4.69) is 11.9 Å². The van der Waals surface area contributed by atoms with Crippen molar-refractivity contribution in [2.75, 3.05) is 6.54 Å². The maximum absolute atomic E-state index is 8.83. The van der Waals surface area contributed by atoms with E-state index in [1.54, 1.807) is 6.08 Å². The van der Waals surface area contributed by atoms with Crippen molar-refractivity contribution >= 4 is 0 Å². The smallest absolute Gasteiger partial charge is 0.104 e. The van der Waals surface area contributed by atoms with Crippen LogP contribution in [0.3, 0.4) is 0 Å². The molecule has 0 aromatic carbocycles. The molecule has 0 saturated carbocycles. The number of rotatable bonds is 4. The molecule has 2 nitrogen and oxygen atoms in total. The summed E-state index contributed by atoms with van der Waals surface area (Å²) in [6, 6.07) is 0. The molecule has 48 valence electrons. The second-order valence-corrected chi connectivity index (χ2v) is 1.62. The van der Waals surface area contributed by atoms with Gasteiger partial charge in [0.25, 0.3) is 0 Å². The van der Waals surface area contributed by atoms with Crippen LogP contribution in [0.4, 0.5) is 0 Å². The highest BCUT2D eigenvalue weighted by Gasteiger charge is 1.92. The van der Waals surface area contributed by atoms with E-state index in [1.165, 1.54) is 0 Å². The van der Waals surface area contributed by atoms with Crippen LogP contribution in [0.15, 0.2) is 12.7 Å². The van der Waals surface area contributed by atoms with Gasteiger partial charge in [-0.05, 0) is 6.42 Å². The van der Waals surface area contributed by atoms with Crippen LogP contribution in [0.25, 0.3) is 0 Å². The second kappa shape index (κ2) is 4.81. The van der Waals surface area contributed by atoms with Gasteiger partial charge in [0.15, 0.2) is 0 Å². The number of hydrogen-bond donors (Lipinski definition) is 2. The first-order chi connectivity index (χ1) is 3.81. The van der Waals surface area contributed by atoms with Gasteiger partial charge in [0, 0.05) is 6.54 Å². The Kier molecular flexibility index (Phi) is 4.61. The molecule has 0 radical (unpaired) electrons. The third-order valence-electron chi connectivity index (χ3n) is 0.885. The van der Waals surface area contributed by atoms with Crippen LogP contribution >= 0.6 is 0 Å². The maximum atomic E-state index is 8.83. The van der Waals surface area contributed by atoms with Gasteiger partial charge in [0.05, 0.1) is 0 Å². The fraction of sp³-hybridized carbons (Fsp3) is 0.667. The van der Waals surface area contributed by atoms with Crippen molar-refractivity contribution in [2.45, 2.75) is 19.6 Å². The quantitative estimate of drug-likeness (QED) is 0.413. The lowest BCUT2D eigenvalue weighted by Crippen LogP contribution is -2.27.